The van der Waals surface area contributed by atoms with Crippen molar-refractivity contribution in [2.75, 3.05) is 5.32 Å². The third kappa shape index (κ3) is 1.69. The van der Waals surface area contributed by atoms with Crippen LogP contribution in [0.25, 0.3) is 10.9 Å². The van der Waals surface area contributed by atoms with Crippen LogP contribution in [0.2, 0.25) is 0 Å². The highest BCUT2D eigenvalue weighted by Gasteiger charge is 2.65. The first kappa shape index (κ1) is 13.5. The fourth-order valence-corrected chi connectivity index (χ4v) is 4.35. The molecule has 4 nitrogen and oxygen atoms in total. The van der Waals surface area contributed by atoms with E-state index in [1.54, 1.807) is 6.07 Å². The number of amides is 1. The van der Waals surface area contributed by atoms with Crippen LogP contribution in [0.3, 0.4) is 0 Å². The summed E-state index contributed by atoms with van der Waals surface area (Å²) in [6.07, 6.45) is 0.711. The van der Waals surface area contributed by atoms with Gasteiger partial charge in [-0.05, 0) is 70.5 Å². The molecule has 1 saturated carbocycles. The van der Waals surface area contributed by atoms with Gasteiger partial charge in [-0.25, -0.2) is 4.39 Å². The highest BCUT2D eigenvalue weighted by Crippen LogP contribution is 2.65. The first-order valence-corrected chi connectivity index (χ1v) is 8.42. The fourth-order valence-electron chi connectivity index (χ4n) is 3.78. The maximum absolute atomic E-state index is 13.6. The molecule has 1 fully saturated rings. The molecule has 1 unspecified atom stereocenters. The van der Waals surface area contributed by atoms with Crippen LogP contribution in [0.5, 0.6) is 0 Å². The summed E-state index contributed by atoms with van der Waals surface area (Å²) >= 11 is 2.21. The number of aromatic amines is 1. The predicted molar refractivity (Wildman–Crippen MR) is 92.9 cm³/mol. The Labute approximate surface area is 144 Å². The van der Waals surface area contributed by atoms with E-state index in [0.717, 1.165) is 31.4 Å². The molecule has 3 aromatic rings. The summed E-state index contributed by atoms with van der Waals surface area (Å²) in [6, 6.07) is 10.6. The zero-order valence-corrected chi connectivity index (χ0v) is 14.0. The lowest BCUT2D eigenvalue weighted by molar-refractivity contribution is -0.118. The Morgan fingerprint density at radius 2 is 2.13 bits per heavy atom. The number of nitrogens with one attached hydrogen (secondary N) is 2. The van der Waals surface area contributed by atoms with E-state index in [1.165, 1.54) is 12.1 Å². The average Bonchev–Trinajstić information content (AvgIpc) is 3.12. The second kappa shape index (κ2) is 4.31. The van der Waals surface area contributed by atoms with Gasteiger partial charge in [0.05, 0.1) is 10.9 Å². The lowest BCUT2D eigenvalue weighted by Crippen LogP contribution is -2.21. The summed E-state index contributed by atoms with van der Waals surface area (Å²) in [7, 11) is 0. The van der Waals surface area contributed by atoms with Gasteiger partial charge < -0.3 is 5.32 Å². The number of H-pyrrole nitrogens is 1. The molecule has 1 aromatic heterocycles. The maximum atomic E-state index is 13.6. The van der Waals surface area contributed by atoms with E-state index >= 15 is 0 Å². The third-order valence-corrected chi connectivity index (χ3v) is 5.83. The Balaban J connectivity index is 1.62. The molecule has 2 heterocycles. The average molecular weight is 419 g/mol. The number of anilines is 1. The summed E-state index contributed by atoms with van der Waals surface area (Å²) in [5, 5.41) is 11.2. The van der Waals surface area contributed by atoms with E-state index < -0.39 is 5.41 Å². The Morgan fingerprint density at radius 1 is 1.26 bits per heavy atom. The van der Waals surface area contributed by atoms with Crippen LogP contribution in [-0.4, -0.2) is 16.1 Å². The second-order valence-electron chi connectivity index (χ2n) is 6.19. The van der Waals surface area contributed by atoms with Crippen LogP contribution in [0, 0.1) is 9.52 Å². The maximum Gasteiger partial charge on any atom is 0.235 e. The minimum atomic E-state index is -0.616. The van der Waals surface area contributed by atoms with Crippen molar-refractivity contribution in [1.82, 2.24) is 10.2 Å². The number of carbonyl (C=O) groups is 1. The van der Waals surface area contributed by atoms with E-state index in [4.69, 9.17) is 0 Å². The normalized spacial score (nSPS) is 25.0. The van der Waals surface area contributed by atoms with Gasteiger partial charge in [0.15, 0.2) is 0 Å². The monoisotopic (exact) mass is 419 g/mol. The Kier molecular flexibility index (Phi) is 2.53. The fraction of sp³-hybridized carbons (Fsp3) is 0.176. The zero-order valence-electron chi connectivity index (χ0n) is 11.9. The number of benzene rings is 2. The first-order chi connectivity index (χ1) is 11.1. The van der Waals surface area contributed by atoms with Crippen LogP contribution in [0.1, 0.15) is 23.5 Å². The van der Waals surface area contributed by atoms with Gasteiger partial charge in [0, 0.05) is 17.0 Å². The van der Waals surface area contributed by atoms with Gasteiger partial charge in [-0.2, -0.15) is 5.10 Å². The van der Waals surface area contributed by atoms with Gasteiger partial charge in [0.2, 0.25) is 5.91 Å². The van der Waals surface area contributed by atoms with Crippen LogP contribution in [-0.2, 0) is 10.2 Å². The molecule has 6 heteroatoms. The van der Waals surface area contributed by atoms with Crippen molar-refractivity contribution < 1.29 is 9.18 Å². The molecule has 2 N–H and O–H groups in total. The molecular weight excluding hydrogens is 408 g/mol. The Bertz CT molecular complexity index is 999. The van der Waals surface area contributed by atoms with Gasteiger partial charge in [0.25, 0.3) is 0 Å². The largest absolute Gasteiger partial charge is 0.325 e. The molecule has 2 aliphatic rings. The topological polar surface area (TPSA) is 57.8 Å². The van der Waals surface area contributed by atoms with Crippen molar-refractivity contribution in [3.05, 3.63) is 57.0 Å². The summed E-state index contributed by atoms with van der Waals surface area (Å²) in [5.74, 6) is -0.258. The molecule has 1 aliphatic heterocycles. The van der Waals surface area contributed by atoms with Crippen molar-refractivity contribution in [1.29, 1.82) is 0 Å². The van der Waals surface area contributed by atoms with E-state index in [2.05, 4.69) is 38.1 Å². The summed E-state index contributed by atoms with van der Waals surface area (Å²) in [4.78, 5) is 12.5. The number of halogens is 2. The first-order valence-electron chi connectivity index (χ1n) is 7.34. The highest BCUT2D eigenvalue weighted by molar-refractivity contribution is 14.1. The number of hydrogen-bond acceptors (Lipinski definition) is 2. The molecule has 1 amide bonds. The molecule has 0 saturated heterocycles. The highest BCUT2D eigenvalue weighted by atomic mass is 127. The van der Waals surface area contributed by atoms with Crippen LogP contribution in [0.15, 0.2) is 36.4 Å². The molecular formula is C17H11FIN3O. The van der Waals surface area contributed by atoms with Crippen LogP contribution in [0.4, 0.5) is 10.1 Å². The Morgan fingerprint density at radius 3 is 3.00 bits per heavy atom. The second-order valence-corrected chi connectivity index (χ2v) is 7.27. The Hall–Kier alpha value is -1.96. The van der Waals surface area contributed by atoms with Gasteiger partial charge in [0.1, 0.15) is 9.52 Å². The van der Waals surface area contributed by atoms with Gasteiger partial charge in [-0.1, -0.05) is 6.07 Å². The molecule has 114 valence electrons. The lowest BCUT2D eigenvalue weighted by atomic mass is 9.92. The summed E-state index contributed by atoms with van der Waals surface area (Å²) in [5.41, 5.74) is 2.87. The van der Waals surface area contributed by atoms with Crippen molar-refractivity contribution in [3.63, 3.8) is 0 Å². The zero-order chi connectivity index (χ0) is 15.8. The van der Waals surface area contributed by atoms with Crippen molar-refractivity contribution in [2.45, 2.75) is 17.8 Å². The number of fused-ring (bicyclic) bond motifs is 3. The SMILES string of the molecule is O=C1Nc2ccc(F)cc2[C@]12CC2c1ccc2c(I)[nH]nc2c1. The molecule has 1 spiro atoms. The van der Waals surface area contributed by atoms with E-state index in [0.29, 0.717) is 6.42 Å². The number of rotatable bonds is 1. The molecule has 2 aromatic carbocycles. The third-order valence-electron chi connectivity index (χ3n) is 5.01. The lowest BCUT2D eigenvalue weighted by Gasteiger charge is -2.09. The standard InChI is InChI=1S/C17H11FIN3O/c18-9-2-4-13-11(6-9)17(16(23)20-13)7-12(17)8-1-3-10-14(5-8)21-22-15(10)19/h1-6,12H,7H2,(H,20,23)(H,21,22)/t12?,17-/m0/s1. The minimum Gasteiger partial charge on any atom is -0.325 e. The smallest absolute Gasteiger partial charge is 0.235 e. The molecule has 2 atom stereocenters. The van der Waals surface area contributed by atoms with E-state index in [9.17, 15) is 9.18 Å². The number of aromatic nitrogens is 2. The molecule has 0 radical (unpaired) electrons. The predicted octanol–water partition coefficient (Wildman–Crippen LogP) is 3.68. The minimum absolute atomic E-state index is 0.0280. The summed E-state index contributed by atoms with van der Waals surface area (Å²) < 4.78 is 14.6. The van der Waals surface area contributed by atoms with Crippen LogP contribution < -0.4 is 5.32 Å². The van der Waals surface area contributed by atoms with Gasteiger partial charge in [-0.15, -0.1) is 0 Å². The molecule has 0 bridgehead atoms. The molecule has 23 heavy (non-hydrogen) atoms. The number of hydrogen-bond donors (Lipinski definition) is 2. The molecule has 1 aliphatic carbocycles. The molecule has 5 rings (SSSR count). The van der Waals surface area contributed by atoms with Crippen LogP contribution >= 0.6 is 22.6 Å². The van der Waals surface area contributed by atoms with Crippen molar-refractivity contribution in [2.24, 2.45) is 0 Å². The van der Waals surface area contributed by atoms with Crippen molar-refractivity contribution >= 4 is 45.1 Å². The van der Waals surface area contributed by atoms with Gasteiger partial charge in [-0.3, -0.25) is 9.89 Å². The number of carbonyl (C=O) groups excluding carboxylic acids is 1. The van der Waals surface area contributed by atoms with Gasteiger partial charge >= 0.3 is 0 Å². The van der Waals surface area contributed by atoms with E-state index in [1.807, 2.05) is 18.2 Å². The summed E-state index contributed by atoms with van der Waals surface area (Å²) in [6.45, 7) is 0. The van der Waals surface area contributed by atoms with Crippen molar-refractivity contribution in [3.8, 4) is 0 Å². The number of nitrogens with zero attached hydrogens (tertiary/aromatic N) is 1. The quantitative estimate of drug-likeness (QED) is 0.592. The van der Waals surface area contributed by atoms with E-state index in [-0.39, 0.29) is 17.6 Å².